The summed E-state index contributed by atoms with van der Waals surface area (Å²) in [6.07, 6.45) is 4.79. The molecular weight excluding hydrogens is 417 g/mol. The maximum Gasteiger partial charge on any atom is 0.255 e. The summed E-state index contributed by atoms with van der Waals surface area (Å²) in [5.41, 5.74) is 0.771. The zero-order valence-corrected chi connectivity index (χ0v) is 15.1. The molecule has 1 fully saturated rings. The highest BCUT2D eigenvalue weighted by molar-refractivity contribution is 14.1. The summed E-state index contributed by atoms with van der Waals surface area (Å²) in [6.45, 7) is 2.28. The number of benzene rings is 1. The predicted molar refractivity (Wildman–Crippen MR) is 90.4 cm³/mol. The van der Waals surface area contributed by atoms with Crippen LogP contribution in [0.25, 0.3) is 0 Å². The van der Waals surface area contributed by atoms with E-state index in [0.717, 1.165) is 32.4 Å². The van der Waals surface area contributed by atoms with E-state index in [1.165, 1.54) is 12.8 Å². The molecule has 2 nitrogen and oxygen atoms in total. The molecule has 1 amide bonds. The molecule has 1 aromatic carbocycles. The molecule has 19 heavy (non-hydrogen) atoms. The molecule has 1 aliphatic rings. The second kappa shape index (κ2) is 6.57. The van der Waals surface area contributed by atoms with E-state index in [9.17, 15) is 4.79 Å². The summed E-state index contributed by atoms with van der Waals surface area (Å²) in [5, 5.41) is 0. The number of carbonyl (C=O) groups excluding carboxylic acids is 1. The summed E-state index contributed by atoms with van der Waals surface area (Å²) < 4.78 is 1.98. The average molecular weight is 436 g/mol. The molecule has 0 spiro atoms. The zero-order valence-electron chi connectivity index (χ0n) is 11.3. The van der Waals surface area contributed by atoms with Crippen molar-refractivity contribution < 1.29 is 4.79 Å². The SMILES string of the molecule is CC1CCCC(N(C)C(=O)c2cc(I)ccc2Br)C1. The lowest BCUT2D eigenvalue weighted by atomic mass is 9.86. The van der Waals surface area contributed by atoms with Gasteiger partial charge in [0.1, 0.15) is 0 Å². The first-order valence-electron chi connectivity index (χ1n) is 6.71. The van der Waals surface area contributed by atoms with Gasteiger partial charge >= 0.3 is 0 Å². The van der Waals surface area contributed by atoms with Gasteiger partial charge in [0.2, 0.25) is 0 Å². The van der Waals surface area contributed by atoms with Crippen molar-refractivity contribution in [1.29, 1.82) is 0 Å². The normalized spacial score (nSPS) is 23.2. The topological polar surface area (TPSA) is 20.3 Å². The number of rotatable bonds is 2. The summed E-state index contributed by atoms with van der Waals surface area (Å²) in [6, 6.07) is 6.30. The highest BCUT2D eigenvalue weighted by atomic mass is 127. The van der Waals surface area contributed by atoms with Crippen LogP contribution in [0.3, 0.4) is 0 Å². The fourth-order valence-electron chi connectivity index (χ4n) is 2.77. The number of carbonyl (C=O) groups is 1. The van der Waals surface area contributed by atoms with Crippen LogP contribution in [-0.2, 0) is 0 Å². The second-order valence-corrected chi connectivity index (χ2v) is 7.57. The van der Waals surface area contributed by atoms with Gasteiger partial charge in [-0.2, -0.15) is 0 Å². The molecule has 1 aliphatic carbocycles. The molecule has 0 bridgehead atoms. The van der Waals surface area contributed by atoms with Crippen molar-refractivity contribution in [1.82, 2.24) is 4.90 Å². The Bertz CT molecular complexity index is 477. The molecule has 0 aromatic heterocycles. The average Bonchev–Trinajstić information content (AvgIpc) is 2.40. The summed E-state index contributed by atoms with van der Waals surface area (Å²) in [4.78, 5) is 14.6. The van der Waals surface area contributed by atoms with Gasteiger partial charge < -0.3 is 4.90 Å². The smallest absolute Gasteiger partial charge is 0.255 e. The lowest BCUT2D eigenvalue weighted by Gasteiger charge is -2.34. The van der Waals surface area contributed by atoms with Crippen LogP contribution in [-0.4, -0.2) is 23.9 Å². The molecular formula is C15H19BrINO. The highest BCUT2D eigenvalue weighted by Gasteiger charge is 2.26. The number of hydrogen-bond acceptors (Lipinski definition) is 1. The molecule has 2 unspecified atom stereocenters. The molecule has 0 saturated heterocycles. The minimum Gasteiger partial charge on any atom is -0.339 e. The minimum absolute atomic E-state index is 0.129. The lowest BCUT2D eigenvalue weighted by Crippen LogP contribution is -2.40. The van der Waals surface area contributed by atoms with Crippen LogP contribution >= 0.6 is 38.5 Å². The third-order valence-corrected chi connectivity index (χ3v) is 5.30. The van der Waals surface area contributed by atoms with E-state index in [4.69, 9.17) is 0 Å². The van der Waals surface area contributed by atoms with Crippen molar-refractivity contribution in [3.05, 3.63) is 31.8 Å². The third kappa shape index (κ3) is 3.72. The van der Waals surface area contributed by atoms with Gasteiger partial charge in [-0.1, -0.05) is 19.8 Å². The van der Waals surface area contributed by atoms with Crippen molar-refractivity contribution in [3.63, 3.8) is 0 Å². The molecule has 0 heterocycles. The van der Waals surface area contributed by atoms with Gasteiger partial charge in [-0.25, -0.2) is 0 Å². The van der Waals surface area contributed by atoms with Gasteiger partial charge in [-0.05, 0) is 75.5 Å². The van der Waals surface area contributed by atoms with Crippen molar-refractivity contribution in [3.8, 4) is 0 Å². The van der Waals surface area contributed by atoms with Crippen molar-refractivity contribution >= 4 is 44.4 Å². The van der Waals surface area contributed by atoms with Crippen LogP contribution in [0.2, 0.25) is 0 Å². The van der Waals surface area contributed by atoms with Gasteiger partial charge in [0, 0.05) is 21.1 Å². The Hall–Kier alpha value is -0.100. The van der Waals surface area contributed by atoms with Crippen LogP contribution in [0, 0.1) is 9.49 Å². The van der Waals surface area contributed by atoms with Gasteiger partial charge in [0.25, 0.3) is 5.91 Å². The summed E-state index contributed by atoms with van der Waals surface area (Å²) >= 11 is 5.73. The molecule has 0 N–H and O–H groups in total. The minimum atomic E-state index is 0.129. The van der Waals surface area contributed by atoms with Crippen LogP contribution in [0.15, 0.2) is 22.7 Å². The van der Waals surface area contributed by atoms with E-state index in [-0.39, 0.29) is 5.91 Å². The molecule has 4 heteroatoms. The van der Waals surface area contributed by atoms with E-state index in [1.807, 2.05) is 30.1 Å². The van der Waals surface area contributed by atoms with E-state index < -0.39 is 0 Å². The molecule has 1 aromatic rings. The third-order valence-electron chi connectivity index (χ3n) is 3.94. The summed E-state index contributed by atoms with van der Waals surface area (Å²) in [5.74, 6) is 0.859. The van der Waals surface area contributed by atoms with Crippen molar-refractivity contribution in [2.24, 2.45) is 5.92 Å². The van der Waals surface area contributed by atoms with Gasteiger partial charge in [0.05, 0.1) is 5.56 Å². The molecule has 0 radical (unpaired) electrons. The zero-order chi connectivity index (χ0) is 14.0. The van der Waals surface area contributed by atoms with E-state index in [1.54, 1.807) is 0 Å². The van der Waals surface area contributed by atoms with Crippen molar-refractivity contribution in [2.75, 3.05) is 7.05 Å². The molecule has 2 atom stereocenters. The number of amides is 1. The quantitative estimate of drug-likeness (QED) is 0.616. The number of halogens is 2. The fourth-order valence-corrected chi connectivity index (χ4v) is 3.68. The maximum absolute atomic E-state index is 12.6. The van der Waals surface area contributed by atoms with Crippen LogP contribution in [0.5, 0.6) is 0 Å². The molecule has 2 rings (SSSR count). The Morgan fingerprint density at radius 2 is 2.16 bits per heavy atom. The van der Waals surface area contributed by atoms with Gasteiger partial charge in [-0.3, -0.25) is 4.79 Å². The Morgan fingerprint density at radius 1 is 1.42 bits per heavy atom. The largest absolute Gasteiger partial charge is 0.339 e. The lowest BCUT2D eigenvalue weighted by molar-refractivity contribution is 0.0671. The highest BCUT2D eigenvalue weighted by Crippen LogP contribution is 2.29. The first kappa shape index (κ1) is 15.3. The molecule has 0 aliphatic heterocycles. The van der Waals surface area contributed by atoms with Gasteiger partial charge in [-0.15, -0.1) is 0 Å². The first-order valence-corrected chi connectivity index (χ1v) is 8.58. The Morgan fingerprint density at radius 3 is 2.84 bits per heavy atom. The van der Waals surface area contributed by atoms with E-state index in [0.29, 0.717) is 6.04 Å². The number of hydrogen-bond donors (Lipinski definition) is 0. The fraction of sp³-hybridized carbons (Fsp3) is 0.533. The van der Waals surface area contributed by atoms with Crippen LogP contribution in [0.4, 0.5) is 0 Å². The monoisotopic (exact) mass is 435 g/mol. The Balaban J connectivity index is 2.16. The number of nitrogens with zero attached hydrogens (tertiary/aromatic N) is 1. The van der Waals surface area contributed by atoms with Gasteiger partial charge in [0.15, 0.2) is 0 Å². The predicted octanol–water partition coefficient (Wildman–Crippen LogP) is 4.70. The molecule has 104 valence electrons. The standard InChI is InChI=1S/C15H19BrINO/c1-10-4-3-5-12(8-10)18(2)15(19)13-9-11(17)6-7-14(13)16/h6-7,9-10,12H,3-5,8H2,1-2H3. The Labute approximate surface area is 137 Å². The van der Waals surface area contributed by atoms with Crippen LogP contribution in [0.1, 0.15) is 43.0 Å². The van der Waals surface area contributed by atoms with E-state index >= 15 is 0 Å². The first-order chi connectivity index (χ1) is 8.99. The van der Waals surface area contributed by atoms with Crippen molar-refractivity contribution in [2.45, 2.75) is 38.6 Å². The Kier molecular flexibility index (Phi) is 5.29. The second-order valence-electron chi connectivity index (χ2n) is 5.47. The van der Waals surface area contributed by atoms with Crippen LogP contribution < -0.4 is 0 Å². The summed E-state index contributed by atoms with van der Waals surface area (Å²) in [7, 11) is 1.94. The van der Waals surface area contributed by atoms with E-state index in [2.05, 4.69) is 45.4 Å². The molecule has 1 saturated carbocycles. The maximum atomic E-state index is 12.6.